The zero-order chi connectivity index (χ0) is 21.5. The molecule has 0 aliphatic carbocycles. The Morgan fingerprint density at radius 3 is 2.71 bits per heavy atom. The number of amides is 2. The molecule has 0 atom stereocenters. The minimum absolute atomic E-state index is 0.107. The molecule has 1 aliphatic rings. The third kappa shape index (κ3) is 3.39. The maximum atomic E-state index is 12.8. The number of aromatic nitrogens is 1. The number of carbonyl (C=O) groups is 2. The number of halogens is 1. The lowest BCUT2D eigenvalue weighted by Crippen LogP contribution is -2.43. The fourth-order valence-corrected chi connectivity index (χ4v) is 4.33. The van der Waals surface area contributed by atoms with Gasteiger partial charge in [0.15, 0.2) is 6.61 Å². The molecule has 0 fully saturated rings. The Balaban J connectivity index is 1.43. The van der Waals surface area contributed by atoms with Gasteiger partial charge in [0.1, 0.15) is 12.3 Å². The standard InChI is InChI=1S/C24H20ClN3O3/c1-2-27-19-6-4-3-5-17(19)18-12-16(8-9-20(18)27)26-23(29)13-28-21-11-15(25)7-10-22(21)31-14-24(28)30/h3-12H,2,13-14H2,1H3,(H,26,29). The normalized spacial score (nSPS) is 13.4. The maximum Gasteiger partial charge on any atom is 0.265 e. The number of ether oxygens (including phenoxy) is 1. The second-order valence-corrected chi connectivity index (χ2v) is 7.86. The van der Waals surface area contributed by atoms with E-state index >= 15 is 0 Å². The number of carbonyl (C=O) groups excluding carboxylic acids is 2. The van der Waals surface area contributed by atoms with E-state index in [0.29, 0.717) is 22.1 Å². The zero-order valence-corrected chi connectivity index (χ0v) is 17.6. The number of hydrogen-bond acceptors (Lipinski definition) is 3. The summed E-state index contributed by atoms with van der Waals surface area (Å²) in [4.78, 5) is 26.6. The first-order chi connectivity index (χ1) is 15.0. The molecule has 7 heteroatoms. The summed E-state index contributed by atoms with van der Waals surface area (Å²) in [7, 11) is 0. The number of nitrogens with zero attached hydrogens (tertiary/aromatic N) is 2. The molecule has 0 bridgehead atoms. The molecule has 0 unspecified atom stereocenters. The van der Waals surface area contributed by atoms with Gasteiger partial charge in [-0.2, -0.15) is 0 Å². The van der Waals surface area contributed by atoms with Gasteiger partial charge in [0.2, 0.25) is 5.91 Å². The Morgan fingerprint density at radius 1 is 1.06 bits per heavy atom. The monoisotopic (exact) mass is 433 g/mol. The molecule has 3 aromatic carbocycles. The van der Waals surface area contributed by atoms with Crippen LogP contribution >= 0.6 is 11.6 Å². The minimum Gasteiger partial charge on any atom is -0.482 e. The number of para-hydroxylation sites is 1. The van der Waals surface area contributed by atoms with Crippen LogP contribution in [0.5, 0.6) is 5.75 Å². The van der Waals surface area contributed by atoms with Gasteiger partial charge in [0.25, 0.3) is 5.91 Å². The van der Waals surface area contributed by atoms with Crippen LogP contribution in [-0.4, -0.2) is 29.5 Å². The largest absolute Gasteiger partial charge is 0.482 e. The van der Waals surface area contributed by atoms with Crippen LogP contribution in [0, 0.1) is 0 Å². The van der Waals surface area contributed by atoms with Crippen LogP contribution in [-0.2, 0) is 16.1 Å². The van der Waals surface area contributed by atoms with Crippen molar-refractivity contribution in [3.63, 3.8) is 0 Å². The van der Waals surface area contributed by atoms with Crippen LogP contribution in [0.1, 0.15) is 6.92 Å². The highest BCUT2D eigenvalue weighted by atomic mass is 35.5. The van der Waals surface area contributed by atoms with Crippen molar-refractivity contribution < 1.29 is 14.3 Å². The fraction of sp³-hybridized carbons (Fsp3) is 0.167. The predicted octanol–water partition coefficient (Wildman–Crippen LogP) is 4.83. The molecule has 1 N–H and O–H groups in total. The van der Waals surface area contributed by atoms with Crippen molar-refractivity contribution in [3.05, 3.63) is 65.7 Å². The predicted molar refractivity (Wildman–Crippen MR) is 123 cm³/mol. The van der Waals surface area contributed by atoms with Gasteiger partial charge in [-0.3, -0.25) is 14.5 Å². The van der Waals surface area contributed by atoms with E-state index in [1.165, 1.54) is 4.90 Å². The fourth-order valence-electron chi connectivity index (χ4n) is 4.16. The summed E-state index contributed by atoms with van der Waals surface area (Å²) in [5.41, 5.74) is 3.47. The van der Waals surface area contributed by atoms with Crippen LogP contribution in [0.15, 0.2) is 60.7 Å². The van der Waals surface area contributed by atoms with Gasteiger partial charge in [0.05, 0.1) is 5.69 Å². The third-order valence-electron chi connectivity index (χ3n) is 5.54. The molecule has 1 aromatic heterocycles. The molecule has 1 aliphatic heterocycles. The number of anilines is 2. The van der Waals surface area contributed by atoms with Gasteiger partial charge in [-0.25, -0.2) is 0 Å². The molecule has 0 spiro atoms. The molecule has 2 heterocycles. The van der Waals surface area contributed by atoms with E-state index in [4.69, 9.17) is 16.3 Å². The van der Waals surface area contributed by atoms with E-state index in [1.54, 1.807) is 18.2 Å². The average Bonchev–Trinajstić information content (AvgIpc) is 3.09. The number of aryl methyl sites for hydroxylation is 1. The van der Waals surface area contributed by atoms with Crippen LogP contribution < -0.4 is 15.0 Å². The van der Waals surface area contributed by atoms with Gasteiger partial charge < -0.3 is 14.6 Å². The van der Waals surface area contributed by atoms with E-state index < -0.39 is 0 Å². The first kappa shape index (κ1) is 19.5. The molecule has 0 radical (unpaired) electrons. The van der Waals surface area contributed by atoms with Crippen LogP contribution in [0.4, 0.5) is 11.4 Å². The lowest BCUT2D eigenvalue weighted by Gasteiger charge is -2.29. The van der Waals surface area contributed by atoms with Gasteiger partial charge in [0, 0.05) is 39.1 Å². The van der Waals surface area contributed by atoms with E-state index in [1.807, 2.05) is 30.3 Å². The van der Waals surface area contributed by atoms with Crippen molar-refractivity contribution in [1.29, 1.82) is 0 Å². The van der Waals surface area contributed by atoms with Crippen molar-refractivity contribution in [3.8, 4) is 5.75 Å². The quantitative estimate of drug-likeness (QED) is 0.501. The molecular weight excluding hydrogens is 414 g/mol. The summed E-state index contributed by atoms with van der Waals surface area (Å²) in [5, 5.41) is 5.62. The number of rotatable bonds is 4. The topological polar surface area (TPSA) is 63.6 Å². The second-order valence-electron chi connectivity index (χ2n) is 7.42. The number of hydrogen-bond donors (Lipinski definition) is 1. The summed E-state index contributed by atoms with van der Waals surface area (Å²) in [6, 6.07) is 19.1. The average molecular weight is 434 g/mol. The van der Waals surface area contributed by atoms with Crippen molar-refractivity contribution in [2.75, 3.05) is 23.4 Å². The highest BCUT2D eigenvalue weighted by Crippen LogP contribution is 2.34. The molecule has 6 nitrogen and oxygen atoms in total. The maximum absolute atomic E-state index is 12.8. The number of fused-ring (bicyclic) bond motifs is 4. The van der Waals surface area contributed by atoms with Crippen molar-refractivity contribution in [2.45, 2.75) is 13.5 Å². The summed E-state index contributed by atoms with van der Waals surface area (Å²) in [6.07, 6.45) is 0. The molecule has 31 heavy (non-hydrogen) atoms. The van der Waals surface area contributed by atoms with Gasteiger partial charge in [-0.1, -0.05) is 29.8 Å². The molecule has 4 aromatic rings. The van der Waals surface area contributed by atoms with Gasteiger partial charge in [-0.05, 0) is 49.4 Å². The molecule has 2 amide bonds. The Kier molecular flexibility index (Phi) is 4.79. The molecular formula is C24H20ClN3O3. The van der Waals surface area contributed by atoms with Crippen LogP contribution in [0.25, 0.3) is 21.8 Å². The Hall–Kier alpha value is -3.51. The highest BCUT2D eigenvalue weighted by Gasteiger charge is 2.27. The Labute approximate surface area is 184 Å². The zero-order valence-electron chi connectivity index (χ0n) is 16.9. The van der Waals surface area contributed by atoms with Gasteiger partial charge in [-0.15, -0.1) is 0 Å². The summed E-state index contributed by atoms with van der Waals surface area (Å²) in [6.45, 7) is 2.75. The third-order valence-corrected chi connectivity index (χ3v) is 5.77. The molecule has 5 rings (SSSR count). The summed E-state index contributed by atoms with van der Waals surface area (Å²) < 4.78 is 7.69. The second kappa shape index (κ2) is 7.63. The van der Waals surface area contributed by atoms with Crippen molar-refractivity contribution in [2.24, 2.45) is 0 Å². The number of nitrogens with one attached hydrogen (secondary N) is 1. The van der Waals surface area contributed by atoms with Crippen LogP contribution in [0.3, 0.4) is 0 Å². The van der Waals surface area contributed by atoms with Crippen LogP contribution in [0.2, 0.25) is 5.02 Å². The minimum atomic E-state index is -0.292. The van der Waals surface area contributed by atoms with Gasteiger partial charge >= 0.3 is 0 Å². The van der Waals surface area contributed by atoms with Crippen molar-refractivity contribution >= 4 is 56.6 Å². The molecule has 0 saturated carbocycles. The Morgan fingerprint density at radius 2 is 1.87 bits per heavy atom. The molecule has 156 valence electrons. The Bertz CT molecular complexity index is 1340. The lowest BCUT2D eigenvalue weighted by atomic mass is 10.1. The van der Waals surface area contributed by atoms with E-state index in [-0.39, 0.29) is 25.0 Å². The highest BCUT2D eigenvalue weighted by molar-refractivity contribution is 6.31. The molecule has 0 saturated heterocycles. The number of benzene rings is 3. The van der Waals surface area contributed by atoms with Crippen molar-refractivity contribution in [1.82, 2.24) is 4.57 Å². The summed E-state index contributed by atoms with van der Waals surface area (Å²) >= 11 is 6.08. The van der Waals surface area contributed by atoms with E-state index in [2.05, 4.69) is 28.9 Å². The van der Waals surface area contributed by atoms with E-state index in [0.717, 1.165) is 28.4 Å². The smallest absolute Gasteiger partial charge is 0.265 e. The SMILES string of the molecule is CCn1c2ccccc2c2cc(NC(=O)CN3C(=O)COc4ccc(Cl)cc43)ccc21. The van der Waals surface area contributed by atoms with E-state index in [9.17, 15) is 9.59 Å². The lowest BCUT2D eigenvalue weighted by molar-refractivity contribution is -0.123. The first-order valence-corrected chi connectivity index (χ1v) is 10.5. The first-order valence-electron chi connectivity index (χ1n) is 10.1. The summed E-state index contributed by atoms with van der Waals surface area (Å²) in [5.74, 6) is -0.0447.